The van der Waals surface area contributed by atoms with Crippen LogP contribution in [0.5, 0.6) is 0 Å². The van der Waals surface area contributed by atoms with Gasteiger partial charge in [0.25, 0.3) is 0 Å². The molecule has 0 amide bonds. The number of nitrogens with zero attached hydrogens (tertiary/aromatic N) is 2. The van der Waals surface area contributed by atoms with Crippen molar-refractivity contribution in [3.63, 3.8) is 0 Å². The molecule has 0 unspecified atom stereocenters. The first kappa shape index (κ1) is 13.0. The zero-order valence-corrected chi connectivity index (χ0v) is 7.33. The van der Waals surface area contributed by atoms with E-state index in [2.05, 4.69) is 10.4 Å². The first-order valence-corrected chi connectivity index (χ1v) is 3.74. The molecule has 8 nitrogen and oxygen atoms in total. The predicted molar refractivity (Wildman–Crippen MR) is 45.4 cm³/mol. The molecule has 0 aromatic rings. The molecule has 0 aromatic carbocycles. The van der Waals surface area contributed by atoms with Gasteiger partial charge in [-0.1, -0.05) is 10.4 Å². The van der Waals surface area contributed by atoms with Gasteiger partial charge >= 0.3 is 0 Å². The monoisotopic (exact) mass is 208 g/mol. The fraction of sp³-hybridized carbons (Fsp3) is 1.00. The highest BCUT2D eigenvalue weighted by Gasteiger charge is 2.54. The third-order valence-corrected chi connectivity index (χ3v) is 2.26. The standard InChI is InChI=1S/C6H12N2O6/c9-1-5(2-10,7-13)6(3-11,4-12)8-14/h9-12H,1-4H2. The van der Waals surface area contributed by atoms with Crippen molar-refractivity contribution in [3.8, 4) is 0 Å². The fourth-order valence-corrected chi connectivity index (χ4v) is 0.974. The lowest BCUT2D eigenvalue weighted by Gasteiger charge is -2.35. The molecule has 0 aliphatic rings. The second-order valence-corrected chi connectivity index (χ2v) is 2.88. The van der Waals surface area contributed by atoms with Gasteiger partial charge in [0.05, 0.1) is 26.4 Å². The van der Waals surface area contributed by atoms with Crippen LogP contribution in [-0.2, 0) is 0 Å². The molecule has 0 bridgehead atoms. The highest BCUT2D eigenvalue weighted by Crippen LogP contribution is 2.29. The normalized spacial score (nSPS) is 12.6. The molecule has 4 N–H and O–H groups in total. The molecule has 0 atom stereocenters. The van der Waals surface area contributed by atoms with E-state index < -0.39 is 37.5 Å². The maximum Gasteiger partial charge on any atom is 0.181 e. The van der Waals surface area contributed by atoms with E-state index in [4.69, 9.17) is 20.4 Å². The summed E-state index contributed by atoms with van der Waals surface area (Å²) < 4.78 is 0. The molecule has 0 aromatic heterocycles. The molecule has 0 rings (SSSR count). The Morgan fingerprint density at radius 1 is 0.714 bits per heavy atom. The largest absolute Gasteiger partial charge is 0.394 e. The van der Waals surface area contributed by atoms with Crippen LogP contribution in [0.15, 0.2) is 10.4 Å². The summed E-state index contributed by atoms with van der Waals surface area (Å²) in [7, 11) is 0. The minimum Gasteiger partial charge on any atom is -0.394 e. The lowest BCUT2D eigenvalue weighted by molar-refractivity contribution is -0.00117. The Morgan fingerprint density at radius 2 is 0.929 bits per heavy atom. The quantitative estimate of drug-likeness (QED) is 0.355. The Morgan fingerprint density at radius 3 is 1.00 bits per heavy atom. The van der Waals surface area contributed by atoms with E-state index >= 15 is 0 Å². The fourth-order valence-electron chi connectivity index (χ4n) is 0.974. The maximum absolute atomic E-state index is 10.4. The molecule has 8 heteroatoms. The van der Waals surface area contributed by atoms with Crippen LogP contribution in [0.3, 0.4) is 0 Å². The molecular weight excluding hydrogens is 196 g/mol. The first-order valence-electron chi connectivity index (χ1n) is 3.74. The third kappa shape index (κ3) is 1.64. The minimum atomic E-state index is -2.21. The van der Waals surface area contributed by atoms with Gasteiger partial charge in [-0.3, -0.25) is 0 Å². The van der Waals surface area contributed by atoms with Crippen molar-refractivity contribution in [2.45, 2.75) is 11.1 Å². The van der Waals surface area contributed by atoms with Crippen LogP contribution in [0.1, 0.15) is 0 Å². The van der Waals surface area contributed by atoms with Crippen molar-refractivity contribution in [3.05, 3.63) is 9.81 Å². The van der Waals surface area contributed by atoms with E-state index in [0.29, 0.717) is 0 Å². The molecule has 0 saturated heterocycles. The van der Waals surface area contributed by atoms with E-state index in [0.717, 1.165) is 0 Å². The van der Waals surface area contributed by atoms with Gasteiger partial charge in [-0.25, -0.2) is 0 Å². The van der Waals surface area contributed by atoms with Crippen molar-refractivity contribution in [2.75, 3.05) is 26.4 Å². The molecule has 0 aliphatic heterocycles. The Hall–Kier alpha value is -0.960. The van der Waals surface area contributed by atoms with Crippen LogP contribution in [0.4, 0.5) is 0 Å². The molecule has 82 valence electrons. The Kier molecular flexibility index (Phi) is 4.71. The molecule has 0 spiro atoms. The number of rotatable bonds is 7. The summed E-state index contributed by atoms with van der Waals surface area (Å²) >= 11 is 0. The molecule has 0 fully saturated rings. The summed E-state index contributed by atoms with van der Waals surface area (Å²) in [5.41, 5.74) is -4.42. The number of hydrogen-bond donors (Lipinski definition) is 4. The predicted octanol–water partition coefficient (Wildman–Crippen LogP) is -2.03. The van der Waals surface area contributed by atoms with Gasteiger partial charge < -0.3 is 20.4 Å². The van der Waals surface area contributed by atoms with Crippen LogP contribution in [0, 0.1) is 9.81 Å². The average molecular weight is 208 g/mol. The van der Waals surface area contributed by atoms with Gasteiger partial charge in [0.2, 0.25) is 0 Å². The first-order chi connectivity index (χ1) is 6.61. The summed E-state index contributed by atoms with van der Waals surface area (Å²) in [6, 6.07) is 0. The number of nitroso groups, excluding NO2 is 2. The van der Waals surface area contributed by atoms with Gasteiger partial charge in [-0.05, 0) is 0 Å². The lowest BCUT2D eigenvalue weighted by Crippen LogP contribution is -2.60. The average Bonchev–Trinajstić information content (AvgIpc) is 2.27. The summed E-state index contributed by atoms with van der Waals surface area (Å²) in [4.78, 5) is 20.8. The van der Waals surface area contributed by atoms with Gasteiger partial charge in [-0.15, -0.1) is 9.81 Å². The van der Waals surface area contributed by atoms with Crippen molar-refractivity contribution in [1.29, 1.82) is 0 Å². The number of aliphatic hydroxyl groups excluding tert-OH is 4. The summed E-state index contributed by atoms with van der Waals surface area (Å²) in [5, 5.41) is 40.1. The van der Waals surface area contributed by atoms with E-state index in [9.17, 15) is 9.81 Å². The Labute approximate surface area is 79.1 Å². The van der Waals surface area contributed by atoms with E-state index in [1.165, 1.54) is 0 Å². The van der Waals surface area contributed by atoms with Crippen molar-refractivity contribution < 1.29 is 20.4 Å². The Balaban J connectivity index is 5.29. The second-order valence-electron chi connectivity index (χ2n) is 2.88. The van der Waals surface area contributed by atoms with Crippen LogP contribution < -0.4 is 0 Å². The molecule has 0 heterocycles. The smallest absolute Gasteiger partial charge is 0.181 e. The second kappa shape index (κ2) is 5.05. The molecular formula is C6H12N2O6. The van der Waals surface area contributed by atoms with Crippen LogP contribution in [0.25, 0.3) is 0 Å². The Bertz CT molecular complexity index is 178. The number of hydrogen-bond acceptors (Lipinski definition) is 8. The molecule has 14 heavy (non-hydrogen) atoms. The summed E-state index contributed by atoms with van der Waals surface area (Å²) in [5.74, 6) is 0. The highest BCUT2D eigenvalue weighted by atomic mass is 16.3. The summed E-state index contributed by atoms with van der Waals surface area (Å²) in [6.07, 6.45) is 0. The lowest BCUT2D eigenvalue weighted by atomic mass is 9.80. The van der Waals surface area contributed by atoms with E-state index in [-0.39, 0.29) is 0 Å². The van der Waals surface area contributed by atoms with Crippen LogP contribution in [-0.4, -0.2) is 57.9 Å². The third-order valence-electron chi connectivity index (χ3n) is 2.26. The molecule has 0 aliphatic carbocycles. The minimum absolute atomic E-state index is 1.00. The molecule has 0 radical (unpaired) electrons. The number of aliphatic hydroxyl groups is 4. The van der Waals surface area contributed by atoms with E-state index in [1.807, 2.05) is 0 Å². The molecule has 0 saturated carbocycles. The summed E-state index contributed by atoms with van der Waals surface area (Å²) in [6.45, 7) is -4.00. The van der Waals surface area contributed by atoms with Gasteiger partial charge in [0.1, 0.15) is 0 Å². The topological polar surface area (TPSA) is 140 Å². The zero-order valence-electron chi connectivity index (χ0n) is 7.33. The van der Waals surface area contributed by atoms with Crippen molar-refractivity contribution >= 4 is 0 Å². The van der Waals surface area contributed by atoms with Gasteiger partial charge in [0, 0.05) is 0 Å². The van der Waals surface area contributed by atoms with Crippen LogP contribution >= 0.6 is 0 Å². The SMILES string of the molecule is O=NC(CO)(CO)C(CO)(CO)N=O. The van der Waals surface area contributed by atoms with Gasteiger partial charge in [0.15, 0.2) is 11.1 Å². The van der Waals surface area contributed by atoms with Crippen LogP contribution in [0.2, 0.25) is 0 Å². The zero-order chi connectivity index (χ0) is 11.2. The highest BCUT2D eigenvalue weighted by molar-refractivity contribution is 5.10. The van der Waals surface area contributed by atoms with Crippen molar-refractivity contribution in [2.24, 2.45) is 10.4 Å². The van der Waals surface area contributed by atoms with Gasteiger partial charge in [-0.2, -0.15) is 0 Å². The van der Waals surface area contributed by atoms with E-state index in [1.54, 1.807) is 0 Å². The maximum atomic E-state index is 10.4. The van der Waals surface area contributed by atoms with Crippen molar-refractivity contribution in [1.82, 2.24) is 0 Å².